The Balaban J connectivity index is 0.000000561. The van der Waals surface area contributed by atoms with E-state index in [-0.39, 0.29) is 0 Å². The van der Waals surface area contributed by atoms with Crippen LogP contribution in [-0.2, 0) is 6.42 Å². The molecule has 1 aromatic heterocycles. The number of nitrogens with zero attached hydrogens (tertiary/aromatic N) is 2. The lowest BCUT2D eigenvalue weighted by Gasteiger charge is -1.95. The van der Waals surface area contributed by atoms with Crippen molar-refractivity contribution in [1.82, 2.24) is 9.55 Å². The van der Waals surface area contributed by atoms with Crippen molar-refractivity contribution in [3.8, 4) is 0 Å². The van der Waals surface area contributed by atoms with Crippen molar-refractivity contribution >= 4 is 6.20 Å². The molecule has 0 radical (unpaired) electrons. The number of hydrogen-bond donors (Lipinski definition) is 0. The Hall–Kier alpha value is -1.05. The second-order valence-electron chi connectivity index (χ2n) is 2.09. The molecule has 0 amide bonds. The highest BCUT2D eigenvalue weighted by atomic mass is 15.0. The summed E-state index contributed by atoms with van der Waals surface area (Å²) in [5.41, 5.74) is 0. The first-order chi connectivity index (χ1) is 5.88. The van der Waals surface area contributed by atoms with Gasteiger partial charge in [-0.15, -0.1) is 0 Å². The van der Waals surface area contributed by atoms with Crippen molar-refractivity contribution in [2.45, 2.75) is 34.1 Å². The van der Waals surface area contributed by atoms with Gasteiger partial charge >= 0.3 is 0 Å². The summed E-state index contributed by atoms with van der Waals surface area (Å²) in [6.07, 6.45) is 8.77. The maximum Gasteiger partial charge on any atom is 0.112 e. The third-order valence-corrected chi connectivity index (χ3v) is 1.37. The van der Waals surface area contributed by atoms with Crippen molar-refractivity contribution < 1.29 is 0 Å². The highest BCUT2D eigenvalue weighted by molar-refractivity contribution is 5.23. The van der Waals surface area contributed by atoms with Crippen LogP contribution in [0.3, 0.4) is 0 Å². The molecular weight excluding hydrogens is 148 g/mol. The lowest BCUT2D eigenvalue weighted by atomic mass is 10.4. The van der Waals surface area contributed by atoms with E-state index >= 15 is 0 Å². The summed E-state index contributed by atoms with van der Waals surface area (Å²) in [7, 11) is 0. The standard InChI is InChI=1S/C8H12N2.C2H6/c1-3-6-10-7-5-9-8(10)4-2;1-2/h3,5-7H,4H2,1-2H3;1-2H3/b6-3-;. The first-order valence-corrected chi connectivity index (χ1v) is 4.53. The minimum atomic E-state index is 0.983. The van der Waals surface area contributed by atoms with Crippen LogP contribution in [0, 0.1) is 0 Å². The van der Waals surface area contributed by atoms with Gasteiger partial charge in [0.25, 0.3) is 0 Å². The van der Waals surface area contributed by atoms with Crippen molar-refractivity contribution in [3.63, 3.8) is 0 Å². The molecule has 0 saturated heterocycles. The van der Waals surface area contributed by atoms with Gasteiger partial charge in [-0.25, -0.2) is 4.98 Å². The summed E-state index contributed by atoms with van der Waals surface area (Å²) < 4.78 is 2.03. The summed E-state index contributed by atoms with van der Waals surface area (Å²) >= 11 is 0. The summed E-state index contributed by atoms with van der Waals surface area (Å²) in [5, 5.41) is 0. The highest BCUT2D eigenvalue weighted by Crippen LogP contribution is 1.98. The van der Waals surface area contributed by atoms with E-state index in [9.17, 15) is 0 Å². The number of allylic oxidation sites excluding steroid dienone is 1. The molecule has 0 saturated carbocycles. The molecule has 0 bridgehead atoms. The van der Waals surface area contributed by atoms with Crippen LogP contribution in [0.1, 0.15) is 33.5 Å². The van der Waals surface area contributed by atoms with Gasteiger partial charge in [0.2, 0.25) is 0 Å². The van der Waals surface area contributed by atoms with Gasteiger partial charge in [0, 0.05) is 25.0 Å². The highest BCUT2D eigenvalue weighted by Gasteiger charge is 1.93. The van der Waals surface area contributed by atoms with E-state index in [1.807, 2.05) is 50.0 Å². The van der Waals surface area contributed by atoms with Gasteiger partial charge in [0.1, 0.15) is 5.82 Å². The van der Waals surface area contributed by atoms with Crippen LogP contribution in [0.5, 0.6) is 0 Å². The second-order valence-corrected chi connectivity index (χ2v) is 2.09. The van der Waals surface area contributed by atoms with E-state index in [1.54, 1.807) is 0 Å². The fourth-order valence-corrected chi connectivity index (χ4v) is 0.914. The van der Waals surface area contributed by atoms with Gasteiger partial charge in [-0.1, -0.05) is 26.8 Å². The minimum Gasteiger partial charge on any atom is -0.311 e. The van der Waals surface area contributed by atoms with Gasteiger partial charge < -0.3 is 4.57 Å². The molecule has 2 nitrogen and oxygen atoms in total. The van der Waals surface area contributed by atoms with Crippen molar-refractivity contribution in [2.24, 2.45) is 0 Å². The molecule has 0 aliphatic carbocycles. The molecule has 0 N–H and O–H groups in total. The molecule has 0 aliphatic rings. The molecule has 1 aromatic rings. The Morgan fingerprint density at radius 3 is 2.67 bits per heavy atom. The van der Waals surface area contributed by atoms with Gasteiger partial charge in [-0.2, -0.15) is 0 Å². The minimum absolute atomic E-state index is 0.983. The number of hydrogen-bond acceptors (Lipinski definition) is 1. The van der Waals surface area contributed by atoms with Gasteiger partial charge in [0.15, 0.2) is 0 Å². The summed E-state index contributed by atoms with van der Waals surface area (Å²) in [6, 6.07) is 0. The maximum atomic E-state index is 4.16. The average molecular weight is 166 g/mol. The molecule has 0 spiro atoms. The van der Waals surface area contributed by atoms with E-state index in [1.165, 1.54) is 0 Å². The second kappa shape index (κ2) is 6.65. The molecule has 0 aromatic carbocycles. The molecule has 0 fully saturated rings. The van der Waals surface area contributed by atoms with E-state index in [0.717, 1.165) is 12.2 Å². The third-order valence-electron chi connectivity index (χ3n) is 1.37. The predicted molar refractivity (Wildman–Crippen MR) is 54.0 cm³/mol. The summed E-state index contributed by atoms with van der Waals surface area (Å²) in [6.45, 7) is 8.10. The summed E-state index contributed by atoms with van der Waals surface area (Å²) in [4.78, 5) is 4.16. The fourth-order valence-electron chi connectivity index (χ4n) is 0.914. The van der Waals surface area contributed by atoms with Crippen molar-refractivity contribution in [2.75, 3.05) is 0 Å². The van der Waals surface area contributed by atoms with E-state index in [0.29, 0.717) is 0 Å². The molecule has 0 atom stereocenters. The third kappa shape index (κ3) is 2.91. The molecule has 68 valence electrons. The molecular formula is C10H18N2. The summed E-state index contributed by atoms with van der Waals surface area (Å²) in [5.74, 6) is 1.11. The quantitative estimate of drug-likeness (QED) is 0.660. The first kappa shape index (κ1) is 11.0. The van der Waals surface area contributed by atoms with Gasteiger partial charge in [0.05, 0.1) is 0 Å². The monoisotopic (exact) mass is 166 g/mol. The number of imidazole rings is 1. The van der Waals surface area contributed by atoms with E-state index in [4.69, 9.17) is 0 Å². The van der Waals surface area contributed by atoms with Crippen LogP contribution in [0.25, 0.3) is 6.20 Å². The molecule has 0 aliphatic heterocycles. The van der Waals surface area contributed by atoms with Crippen LogP contribution in [0.4, 0.5) is 0 Å². The number of aryl methyl sites for hydroxylation is 1. The van der Waals surface area contributed by atoms with E-state index in [2.05, 4.69) is 11.9 Å². The Morgan fingerprint density at radius 2 is 2.17 bits per heavy atom. The zero-order valence-corrected chi connectivity index (χ0v) is 8.41. The normalized spacial score (nSPS) is 9.67. The van der Waals surface area contributed by atoms with Crippen LogP contribution in [0.2, 0.25) is 0 Å². The Morgan fingerprint density at radius 1 is 1.50 bits per heavy atom. The zero-order valence-electron chi connectivity index (χ0n) is 8.41. The lowest BCUT2D eigenvalue weighted by Crippen LogP contribution is -1.92. The predicted octanol–water partition coefficient (Wildman–Crippen LogP) is 2.96. The first-order valence-electron chi connectivity index (χ1n) is 4.53. The van der Waals surface area contributed by atoms with Crippen LogP contribution >= 0.6 is 0 Å². The van der Waals surface area contributed by atoms with Crippen molar-refractivity contribution in [1.29, 1.82) is 0 Å². The van der Waals surface area contributed by atoms with Crippen LogP contribution in [-0.4, -0.2) is 9.55 Å². The van der Waals surface area contributed by atoms with E-state index < -0.39 is 0 Å². The van der Waals surface area contributed by atoms with Crippen LogP contribution in [0.15, 0.2) is 18.5 Å². The number of aromatic nitrogens is 2. The van der Waals surface area contributed by atoms with Gasteiger partial charge in [-0.3, -0.25) is 0 Å². The Kier molecular flexibility index (Phi) is 6.07. The Labute approximate surface area is 74.9 Å². The van der Waals surface area contributed by atoms with Crippen LogP contribution < -0.4 is 0 Å². The lowest BCUT2D eigenvalue weighted by molar-refractivity contribution is 0.923. The molecule has 0 unspecified atom stereocenters. The molecule has 2 heteroatoms. The average Bonchev–Trinajstić information content (AvgIpc) is 2.56. The SMILES string of the molecule is C/C=C\n1ccnc1CC.CC. The van der Waals surface area contributed by atoms with Crippen molar-refractivity contribution in [3.05, 3.63) is 24.3 Å². The molecule has 12 heavy (non-hydrogen) atoms. The van der Waals surface area contributed by atoms with Gasteiger partial charge in [-0.05, 0) is 6.92 Å². The zero-order chi connectivity index (χ0) is 9.40. The smallest absolute Gasteiger partial charge is 0.112 e. The fraction of sp³-hybridized carbons (Fsp3) is 0.500. The largest absolute Gasteiger partial charge is 0.311 e. The Bertz CT molecular complexity index is 223. The maximum absolute atomic E-state index is 4.16. The molecule has 1 heterocycles. The topological polar surface area (TPSA) is 17.8 Å². The number of rotatable bonds is 2. The molecule has 1 rings (SSSR count).